The van der Waals surface area contributed by atoms with Crippen molar-refractivity contribution in [3.05, 3.63) is 41.4 Å². The molecule has 0 amide bonds. The van der Waals surface area contributed by atoms with Gasteiger partial charge in [0, 0.05) is 4.90 Å². The number of rotatable bonds is 3. The molecular weight excluding hydrogens is 192 g/mol. The summed E-state index contributed by atoms with van der Waals surface area (Å²) in [5, 5.41) is 0. The van der Waals surface area contributed by atoms with Gasteiger partial charge in [-0.2, -0.15) is 0 Å². The normalized spacial score (nSPS) is 11.3. The minimum atomic E-state index is -1.17. The van der Waals surface area contributed by atoms with Crippen LogP contribution in [0.2, 0.25) is 19.6 Å². The van der Waals surface area contributed by atoms with E-state index in [2.05, 4.69) is 50.5 Å². The Hall–Kier alpha value is -0.473. The van der Waals surface area contributed by atoms with E-state index >= 15 is 0 Å². The lowest BCUT2D eigenvalue weighted by atomic mass is 10.4. The van der Waals surface area contributed by atoms with Crippen LogP contribution in [0.1, 0.15) is 0 Å². The third kappa shape index (κ3) is 3.41. The minimum Gasteiger partial charge on any atom is -0.0998 e. The summed E-state index contributed by atoms with van der Waals surface area (Å²) >= 11 is 1.82. The first-order valence-electron chi connectivity index (χ1n) is 4.42. The van der Waals surface area contributed by atoms with E-state index in [0.29, 0.717) is 0 Å². The van der Waals surface area contributed by atoms with Crippen LogP contribution in [0.15, 0.2) is 46.3 Å². The van der Waals surface area contributed by atoms with Gasteiger partial charge >= 0.3 is 0 Å². The Morgan fingerprint density at radius 1 is 1.15 bits per heavy atom. The molecule has 0 saturated heterocycles. The molecule has 0 N–H and O–H groups in total. The highest BCUT2D eigenvalue weighted by molar-refractivity contribution is 8.05. The lowest BCUT2D eigenvalue weighted by Gasteiger charge is -2.18. The van der Waals surface area contributed by atoms with E-state index in [9.17, 15) is 0 Å². The van der Waals surface area contributed by atoms with E-state index in [0.717, 1.165) is 0 Å². The molecule has 1 aromatic carbocycles. The maximum Gasteiger partial charge on any atom is 0.0854 e. The first kappa shape index (κ1) is 10.6. The van der Waals surface area contributed by atoms with Crippen molar-refractivity contribution in [2.24, 2.45) is 0 Å². The predicted molar refractivity (Wildman–Crippen MR) is 64.8 cm³/mol. The molecule has 0 fully saturated rings. The van der Waals surface area contributed by atoms with Crippen LogP contribution in [0.4, 0.5) is 0 Å². The minimum absolute atomic E-state index is 1.17. The fourth-order valence-corrected chi connectivity index (χ4v) is 2.94. The summed E-state index contributed by atoms with van der Waals surface area (Å²) < 4.78 is 1.35. The van der Waals surface area contributed by atoms with Crippen molar-refractivity contribution in [1.29, 1.82) is 0 Å². The SMILES string of the molecule is C=C(Sc1ccccc1)[Si](C)(C)C. The molecule has 0 aliphatic carbocycles. The first-order chi connectivity index (χ1) is 6.00. The standard InChI is InChI=1S/C11H16SSi/c1-10(13(2,3)4)12-11-8-6-5-7-9-11/h5-9H,1H2,2-4H3. The lowest BCUT2D eigenvalue weighted by molar-refractivity contribution is 1.47. The van der Waals surface area contributed by atoms with E-state index in [-0.39, 0.29) is 0 Å². The molecule has 0 heterocycles. The monoisotopic (exact) mass is 208 g/mol. The molecule has 0 atom stereocenters. The second-order valence-corrected chi connectivity index (χ2v) is 10.7. The van der Waals surface area contributed by atoms with Gasteiger partial charge in [0.25, 0.3) is 0 Å². The Morgan fingerprint density at radius 3 is 2.15 bits per heavy atom. The first-order valence-corrected chi connectivity index (χ1v) is 8.74. The molecule has 1 rings (SSSR count). The summed E-state index contributed by atoms with van der Waals surface area (Å²) in [6.07, 6.45) is 0. The van der Waals surface area contributed by atoms with Crippen molar-refractivity contribution in [2.75, 3.05) is 0 Å². The zero-order valence-corrected chi connectivity index (χ0v) is 10.3. The highest BCUT2D eigenvalue weighted by Gasteiger charge is 2.18. The molecule has 0 saturated carbocycles. The van der Waals surface area contributed by atoms with Gasteiger partial charge in [-0.05, 0) is 16.7 Å². The summed E-state index contributed by atoms with van der Waals surface area (Å²) in [5.41, 5.74) is 0. The van der Waals surface area contributed by atoms with Gasteiger partial charge in [0.1, 0.15) is 0 Å². The topological polar surface area (TPSA) is 0 Å². The van der Waals surface area contributed by atoms with Gasteiger partial charge in [-0.15, -0.1) is 0 Å². The molecule has 0 nitrogen and oxygen atoms in total. The summed E-state index contributed by atoms with van der Waals surface area (Å²) in [5.74, 6) is 0. The van der Waals surface area contributed by atoms with Crippen LogP contribution in [-0.4, -0.2) is 8.07 Å². The second kappa shape index (κ2) is 4.16. The van der Waals surface area contributed by atoms with Crippen molar-refractivity contribution in [2.45, 2.75) is 24.5 Å². The summed E-state index contributed by atoms with van der Waals surface area (Å²) in [7, 11) is -1.17. The molecule has 0 spiro atoms. The number of thioether (sulfide) groups is 1. The van der Waals surface area contributed by atoms with Crippen molar-refractivity contribution >= 4 is 19.8 Å². The van der Waals surface area contributed by atoms with Crippen LogP contribution < -0.4 is 0 Å². The Bertz CT molecular complexity index is 285. The van der Waals surface area contributed by atoms with Crippen molar-refractivity contribution < 1.29 is 0 Å². The lowest BCUT2D eigenvalue weighted by Crippen LogP contribution is -2.20. The molecule has 1 aromatic rings. The molecule has 0 aromatic heterocycles. The third-order valence-corrected chi connectivity index (χ3v) is 6.39. The van der Waals surface area contributed by atoms with Gasteiger partial charge in [-0.3, -0.25) is 0 Å². The fraction of sp³-hybridized carbons (Fsp3) is 0.273. The van der Waals surface area contributed by atoms with Crippen LogP contribution in [0.25, 0.3) is 0 Å². The van der Waals surface area contributed by atoms with Crippen molar-refractivity contribution in [3.63, 3.8) is 0 Å². The third-order valence-electron chi connectivity index (χ3n) is 1.82. The molecule has 13 heavy (non-hydrogen) atoms. The largest absolute Gasteiger partial charge is 0.0998 e. The predicted octanol–water partition coefficient (Wildman–Crippen LogP) is 4.17. The maximum absolute atomic E-state index is 4.15. The summed E-state index contributed by atoms with van der Waals surface area (Å²) in [6, 6.07) is 10.5. The Kier molecular flexibility index (Phi) is 3.39. The molecular formula is C11H16SSi. The zero-order valence-electron chi connectivity index (χ0n) is 8.50. The Labute approximate surface area is 86.1 Å². The molecule has 0 bridgehead atoms. The van der Waals surface area contributed by atoms with Crippen LogP contribution in [0, 0.1) is 0 Å². The van der Waals surface area contributed by atoms with Crippen molar-refractivity contribution in [3.8, 4) is 0 Å². The molecule has 0 aliphatic rings. The Morgan fingerprint density at radius 2 is 1.69 bits per heavy atom. The fourth-order valence-electron chi connectivity index (χ4n) is 0.784. The van der Waals surface area contributed by atoms with E-state index < -0.39 is 8.07 Å². The summed E-state index contributed by atoms with van der Waals surface area (Å²) in [6.45, 7) is 11.1. The molecule has 2 heteroatoms. The van der Waals surface area contributed by atoms with Crippen LogP contribution in [0.3, 0.4) is 0 Å². The average molecular weight is 208 g/mol. The molecule has 0 aliphatic heterocycles. The van der Waals surface area contributed by atoms with E-state index in [1.807, 2.05) is 17.8 Å². The number of hydrogen-bond donors (Lipinski definition) is 0. The van der Waals surface area contributed by atoms with Crippen LogP contribution >= 0.6 is 11.8 Å². The van der Waals surface area contributed by atoms with Crippen molar-refractivity contribution in [1.82, 2.24) is 0 Å². The Balaban J connectivity index is 2.66. The van der Waals surface area contributed by atoms with Gasteiger partial charge in [0.2, 0.25) is 0 Å². The number of hydrogen-bond acceptors (Lipinski definition) is 1. The highest BCUT2D eigenvalue weighted by atomic mass is 32.2. The van der Waals surface area contributed by atoms with Gasteiger partial charge in [0.05, 0.1) is 8.07 Å². The van der Waals surface area contributed by atoms with Crippen LogP contribution in [-0.2, 0) is 0 Å². The van der Waals surface area contributed by atoms with E-state index in [4.69, 9.17) is 0 Å². The average Bonchev–Trinajstić information content (AvgIpc) is 2.04. The zero-order chi connectivity index (χ0) is 9.90. The maximum atomic E-state index is 4.15. The molecule has 70 valence electrons. The number of benzene rings is 1. The molecule has 0 unspecified atom stereocenters. The van der Waals surface area contributed by atoms with E-state index in [1.165, 1.54) is 9.42 Å². The smallest absolute Gasteiger partial charge is 0.0854 e. The van der Waals surface area contributed by atoms with Gasteiger partial charge in [-0.1, -0.05) is 56.2 Å². The van der Waals surface area contributed by atoms with Gasteiger partial charge < -0.3 is 0 Å². The second-order valence-electron chi connectivity index (χ2n) is 4.09. The van der Waals surface area contributed by atoms with Crippen LogP contribution in [0.5, 0.6) is 0 Å². The van der Waals surface area contributed by atoms with E-state index in [1.54, 1.807) is 0 Å². The van der Waals surface area contributed by atoms with Gasteiger partial charge in [-0.25, -0.2) is 0 Å². The highest BCUT2D eigenvalue weighted by Crippen LogP contribution is 2.31. The van der Waals surface area contributed by atoms with Gasteiger partial charge in [0.15, 0.2) is 0 Å². The molecule has 0 radical (unpaired) electrons. The summed E-state index contributed by atoms with van der Waals surface area (Å²) in [4.78, 5) is 1.30. The quantitative estimate of drug-likeness (QED) is 0.531.